The fraction of sp³-hybridized carbons (Fsp3) is 0.750. The second kappa shape index (κ2) is 4.57. The zero-order valence-corrected chi connectivity index (χ0v) is 9.40. The summed E-state index contributed by atoms with van der Waals surface area (Å²) in [5.41, 5.74) is -0.512. The monoisotopic (exact) mass is 231 g/mol. The molecule has 2 N–H and O–H groups in total. The number of hydrogen-bond acceptors (Lipinski definition) is 6. The molecule has 0 radical (unpaired) electrons. The lowest BCUT2D eigenvalue weighted by molar-refractivity contribution is 0.0339. The van der Waals surface area contributed by atoms with Crippen LogP contribution in [0, 0.1) is 0 Å². The van der Waals surface area contributed by atoms with Crippen LogP contribution < -0.4 is 5.32 Å². The summed E-state index contributed by atoms with van der Waals surface area (Å²) in [6.07, 6.45) is 3.22. The Labute approximate surface area is 91.3 Å². The Hall–Kier alpha value is -0.170. The van der Waals surface area contributed by atoms with Gasteiger partial charge in [0.25, 0.3) is 0 Å². The molecule has 0 atom stereocenters. The zero-order chi connectivity index (χ0) is 9.86. The first-order chi connectivity index (χ1) is 6.79. The van der Waals surface area contributed by atoms with Gasteiger partial charge in [0.2, 0.25) is 0 Å². The molecule has 1 fully saturated rings. The van der Waals surface area contributed by atoms with Gasteiger partial charge in [-0.15, -0.1) is 0 Å². The Bertz CT molecular complexity index is 272. The van der Waals surface area contributed by atoms with Gasteiger partial charge < -0.3 is 10.4 Å². The van der Waals surface area contributed by atoms with Crippen LogP contribution in [0.3, 0.4) is 0 Å². The summed E-state index contributed by atoms with van der Waals surface area (Å²) < 4.78 is 4.87. The number of aromatic nitrogens is 2. The topological polar surface area (TPSA) is 58.0 Å². The predicted octanol–water partition coefficient (Wildman–Crippen LogP) is 0.745. The van der Waals surface area contributed by atoms with E-state index in [4.69, 9.17) is 0 Å². The average molecular weight is 231 g/mol. The Balaban J connectivity index is 1.84. The molecule has 0 amide bonds. The van der Waals surface area contributed by atoms with Crippen LogP contribution in [-0.4, -0.2) is 38.9 Å². The van der Waals surface area contributed by atoms with Gasteiger partial charge in [0, 0.05) is 5.75 Å². The molecule has 1 aliphatic rings. The van der Waals surface area contributed by atoms with Crippen molar-refractivity contribution in [3.8, 4) is 0 Å². The Morgan fingerprint density at radius 1 is 1.57 bits per heavy atom. The van der Waals surface area contributed by atoms with Crippen molar-refractivity contribution in [1.29, 1.82) is 0 Å². The van der Waals surface area contributed by atoms with Gasteiger partial charge in [-0.25, -0.2) is 4.98 Å². The molecule has 1 aliphatic heterocycles. The van der Waals surface area contributed by atoms with Crippen LogP contribution in [0.5, 0.6) is 0 Å². The highest BCUT2D eigenvalue weighted by atomic mass is 32.2. The summed E-state index contributed by atoms with van der Waals surface area (Å²) in [5.74, 6) is 0.726. The molecule has 4 nitrogen and oxygen atoms in total. The first-order valence-corrected chi connectivity index (χ1v) is 6.37. The van der Waals surface area contributed by atoms with Gasteiger partial charge in [0.1, 0.15) is 6.33 Å². The summed E-state index contributed by atoms with van der Waals surface area (Å²) in [6, 6.07) is 0. The third-order valence-corrected chi connectivity index (χ3v) is 4.41. The number of hydrogen-bond donors (Lipinski definition) is 2. The Morgan fingerprint density at radius 3 is 3.00 bits per heavy atom. The lowest BCUT2D eigenvalue weighted by atomic mass is 9.95. The molecule has 0 aliphatic carbocycles. The molecule has 0 unspecified atom stereocenters. The van der Waals surface area contributed by atoms with E-state index in [-0.39, 0.29) is 0 Å². The van der Waals surface area contributed by atoms with Gasteiger partial charge in [-0.05, 0) is 37.5 Å². The molecule has 0 spiro atoms. The third-order valence-electron chi connectivity index (χ3n) is 2.34. The molecular formula is C8H13N3OS2. The van der Waals surface area contributed by atoms with Crippen molar-refractivity contribution < 1.29 is 5.11 Å². The summed E-state index contributed by atoms with van der Waals surface area (Å²) in [7, 11) is 0. The van der Waals surface area contributed by atoms with Crippen molar-refractivity contribution in [2.75, 3.05) is 18.8 Å². The molecule has 1 saturated heterocycles. The first-order valence-electron chi connectivity index (χ1n) is 4.61. The number of nitrogens with one attached hydrogen (secondary N) is 1. The largest absolute Gasteiger partial charge is 0.389 e. The van der Waals surface area contributed by atoms with E-state index < -0.39 is 5.60 Å². The second-order valence-electron chi connectivity index (χ2n) is 3.47. The standard InChI is InChI=1S/C8H13N3OS2/c12-8(1-3-9-4-2-8)5-13-7-10-6-11-14-7/h6,9,12H,1-5H2. The van der Waals surface area contributed by atoms with Gasteiger partial charge in [-0.3, -0.25) is 0 Å². The van der Waals surface area contributed by atoms with E-state index in [1.54, 1.807) is 18.1 Å². The van der Waals surface area contributed by atoms with Crippen LogP contribution in [0.1, 0.15) is 12.8 Å². The molecule has 0 aromatic carbocycles. The summed E-state index contributed by atoms with van der Waals surface area (Å²) >= 11 is 2.98. The second-order valence-corrected chi connectivity index (χ2v) is 5.47. The SMILES string of the molecule is OC1(CSc2ncns2)CCNCC1. The Morgan fingerprint density at radius 2 is 2.36 bits per heavy atom. The Kier molecular flexibility index (Phi) is 3.38. The highest BCUT2D eigenvalue weighted by Gasteiger charge is 2.29. The van der Waals surface area contributed by atoms with E-state index in [1.807, 2.05) is 0 Å². The van der Waals surface area contributed by atoms with Crippen molar-refractivity contribution in [3.05, 3.63) is 6.33 Å². The van der Waals surface area contributed by atoms with Gasteiger partial charge in [-0.2, -0.15) is 4.37 Å². The summed E-state index contributed by atoms with van der Waals surface area (Å²) in [4.78, 5) is 4.08. The van der Waals surface area contributed by atoms with Crippen molar-refractivity contribution in [3.63, 3.8) is 0 Å². The van der Waals surface area contributed by atoms with E-state index in [9.17, 15) is 5.11 Å². The van der Waals surface area contributed by atoms with Gasteiger partial charge in [-0.1, -0.05) is 11.8 Å². The normalized spacial score (nSPS) is 20.9. The van der Waals surface area contributed by atoms with Crippen LogP contribution in [0.15, 0.2) is 10.7 Å². The molecule has 6 heteroatoms. The molecule has 0 bridgehead atoms. The average Bonchev–Trinajstić information content (AvgIpc) is 2.69. The summed E-state index contributed by atoms with van der Waals surface area (Å²) in [6.45, 7) is 1.82. The molecule has 14 heavy (non-hydrogen) atoms. The highest BCUT2D eigenvalue weighted by molar-refractivity contribution is 8.01. The smallest absolute Gasteiger partial charge is 0.169 e. The quantitative estimate of drug-likeness (QED) is 0.752. The third kappa shape index (κ3) is 2.66. The van der Waals surface area contributed by atoms with Gasteiger partial charge in [0.05, 0.1) is 5.60 Å². The number of nitrogens with zero attached hydrogens (tertiary/aromatic N) is 2. The van der Waals surface area contributed by atoms with Gasteiger partial charge >= 0.3 is 0 Å². The minimum atomic E-state index is -0.512. The van der Waals surface area contributed by atoms with Crippen LogP contribution in [0.2, 0.25) is 0 Å². The maximum absolute atomic E-state index is 10.2. The fourth-order valence-electron chi connectivity index (χ4n) is 1.46. The van der Waals surface area contributed by atoms with Gasteiger partial charge in [0.15, 0.2) is 4.34 Å². The predicted molar refractivity (Wildman–Crippen MR) is 57.7 cm³/mol. The first kappa shape index (κ1) is 10.4. The van der Waals surface area contributed by atoms with Crippen molar-refractivity contribution in [2.24, 2.45) is 0 Å². The van der Waals surface area contributed by atoms with E-state index in [0.29, 0.717) is 0 Å². The maximum atomic E-state index is 10.2. The van der Waals surface area contributed by atoms with Crippen molar-refractivity contribution in [2.45, 2.75) is 22.8 Å². The lowest BCUT2D eigenvalue weighted by Gasteiger charge is -2.31. The molecule has 1 aromatic heterocycles. The molecule has 0 saturated carbocycles. The minimum Gasteiger partial charge on any atom is -0.389 e. The van der Waals surface area contributed by atoms with E-state index in [0.717, 1.165) is 36.0 Å². The molecular weight excluding hydrogens is 218 g/mol. The van der Waals surface area contributed by atoms with E-state index in [1.165, 1.54) is 11.5 Å². The minimum absolute atomic E-state index is 0.512. The van der Waals surface area contributed by atoms with E-state index >= 15 is 0 Å². The number of aliphatic hydroxyl groups is 1. The molecule has 2 rings (SSSR count). The van der Waals surface area contributed by atoms with Crippen molar-refractivity contribution in [1.82, 2.24) is 14.7 Å². The number of thioether (sulfide) groups is 1. The fourth-order valence-corrected chi connectivity index (χ4v) is 3.06. The van der Waals surface area contributed by atoms with Crippen LogP contribution in [0.4, 0.5) is 0 Å². The zero-order valence-electron chi connectivity index (χ0n) is 7.77. The number of rotatable bonds is 3. The summed E-state index contributed by atoms with van der Waals surface area (Å²) in [5, 5.41) is 13.4. The molecule has 2 heterocycles. The lowest BCUT2D eigenvalue weighted by Crippen LogP contribution is -2.43. The maximum Gasteiger partial charge on any atom is 0.169 e. The van der Waals surface area contributed by atoms with Crippen LogP contribution in [0.25, 0.3) is 0 Å². The highest BCUT2D eigenvalue weighted by Crippen LogP contribution is 2.28. The van der Waals surface area contributed by atoms with Crippen LogP contribution in [-0.2, 0) is 0 Å². The molecule has 78 valence electrons. The molecule has 1 aromatic rings. The van der Waals surface area contributed by atoms with E-state index in [2.05, 4.69) is 14.7 Å². The number of piperidine rings is 1. The van der Waals surface area contributed by atoms with Crippen molar-refractivity contribution >= 4 is 23.3 Å². The van der Waals surface area contributed by atoms with Crippen LogP contribution >= 0.6 is 23.3 Å².